The first-order valence-corrected chi connectivity index (χ1v) is 4.51. The van der Waals surface area contributed by atoms with Gasteiger partial charge in [-0.1, -0.05) is 41.5 Å². The van der Waals surface area contributed by atoms with E-state index in [4.69, 9.17) is 5.11 Å². The Morgan fingerprint density at radius 2 is 1.18 bits per heavy atom. The van der Waals surface area contributed by atoms with Crippen molar-refractivity contribution in [3.05, 3.63) is 0 Å². The van der Waals surface area contributed by atoms with Gasteiger partial charge in [-0.15, -0.1) is 0 Å². The summed E-state index contributed by atoms with van der Waals surface area (Å²) in [6, 6.07) is 0. The summed E-state index contributed by atoms with van der Waals surface area (Å²) >= 11 is 0. The van der Waals surface area contributed by atoms with Crippen LogP contribution in [0.4, 0.5) is 0 Å². The lowest BCUT2D eigenvalue weighted by atomic mass is 10.8. The van der Waals surface area contributed by atoms with Crippen LogP contribution in [-0.2, 0) is 4.74 Å². The van der Waals surface area contributed by atoms with Gasteiger partial charge in [-0.3, -0.25) is 0 Å². The molecule has 0 aliphatic carbocycles. The van der Waals surface area contributed by atoms with E-state index in [1.165, 1.54) is 0 Å². The molecule has 0 aromatic rings. The van der Waals surface area contributed by atoms with Gasteiger partial charge in [0.2, 0.25) is 0 Å². The largest absolute Gasteiger partial charge is 0.394 e. The van der Waals surface area contributed by atoms with Crippen LogP contribution < -0.4 is 0 Å². The number of rotatable bonds is 2. The van der Waals surface area contributed by atoms with Crippen LogP contribution >= 0.6 is 0 Å². The Hall–Kier alpha value is -0.0800. The standard InChI is InChI=1S/C3H8O2.3C2H6/c1-5-3-2-4;3*1-2/h4H,2-3H2,1H3;3*1-2H3. The van der Waals surface area contributed by atoms with Crippen LogP contribution in [0.3, 0.4) is 0 Å². The van der Waals surface area contributed by atoms with Crippen molar-refractivity contribution >= 4 is 0 Å². The van der Waals surface area contributed by atoms with Crippen LogP contribution in [0.5, 0.6) is 0 Å². The van der Waals surface area contributed by atoms with Crippen LogP contribution in [0.15, 0.2) is 0 Å². The van der Waals surface area contributed by atoms with Gasteiger partial charge >= 0.3 is 0 Å². The van der Waals surface area contributed by atoms with E-state index in [9.17, 15) is 0 Å². The normalized spacial score (nSPS) is 5.45. The van der Waals surface area contributed by atoms with Crippen LogP contribution in [-0.4, -0.2) is 25.4 Å². The molecule has 0 unspecified atom stereocenters. The minimum absolute atomic E-state index is 0.122. The van der Waals surface area contributed by atoms with Crippen LogP contribution in [0, 0.1) is 0 Å². The second-order valence-corrected chi connectivity index (χ2v) is 0.716. The number of hydrogen-bond donors (Lipinski definition) is 1. The monoisotopic (exact) mass is 166 g/mol. The molecule has 2 nitrogen and oxygen atoms in total. The number of methoxy groups -OCH3 is 1. The molecular formula is C9H26O2. The van der Waals surface area contributed by atoms with Crippen molar-refractivity contribution in [1.29, 1.82) is 0 Å². The average molecular weight is 166 g/mol. The van der Waals surface area contributed by atoms with E-state index in [2.05, 4.69) is 4.74 Å². The fourth-order valence-electron chi connectivity index (χ4n) is 0.0913. The van der Waals surface area contributed by atoms with Crippen molar-refractivity contribution in [2.24, 2.45) is 0 Å². The van der Waals surface area contributed by atoms with Gasteiger partial charge in [0.25, 0.3) is 0 Å². The lowest BCUT2D eigenvalue weighted by Crippen LogP contribution is -1.91. The molecular weight excluding hydrogens is 140 g/mol. The van der Waals surface area contributed by atoms with Crippen LogP contribution in [0.25, 0.3) is 0 Å². The summed E-state index contributed by atoms with van der Waals surface area (Å²) in [6.45, 7) is 12.6. The summed E-state index contributed by atoms with van der Waals surface area (Å²) in [5.74, 6) is 0. The van der Waals surface area contributed by atoms with Crippen LogP contribution in [0.1, 0.15) is 41.5 Å². The highest BCUT2D eigenvalue weighted by Gasteiger charge is 1.67. The molecule has 2 heteroatoms. The summed E-state index contributed by atoms with van der Waals surface area (Å²) < 4.78 is 4.44. The Morgan fingerprint density at radius 1 is 0.909 bits per heavy atom. The Balaban J connectivity index is -0.0000000350. The predicted molar refractivity (Wildman–Crippen MR) is 53.0 cm³/mol. The molecule has 0 amide bonds. The Labute approximate surface area is 72.6 Å². The van der Waals surface area contributed by atoms with E-state index in [-0.39, 0.29) is 6.61 Å². The first-order chi connectivity index (χ1) is 5.41. The van der Waals surface area contributed by atoms with Gasteiger partial charge in [-0.05, 0) is 0 Å². The maximum atomic E-state index is 7.94. The molecule has 0 aromatic carbocycles. The highest BCUT2D eigenvalue weighted by Crippen LogP contribution is 1.56. The molecule has 74 valence electrons. The molecule has 0 aliphatic rings. The van der Waals surface area contributed by atoms with E-state index >= 15 is 0 Å². The molecule has 0 heterocycles. The minimum Gasteiger partial charge on any atom is -0.394 e. The lowest BCUT2D eigenvalue weighted by Gasteiger charge is -1.84. The third kappa shape index (κ3) is 169. The molecule has 0 saturated heterocycles. The highest BCUT2D eigenvalue weighted by atomic mass is 16.5. The van der Waals surface area contributed by atoms with Gasteiger partial charge in [0.05, 0.1) is 13.2 Å². The fourth-order valence-corrected chi connectivity index (χ4v) is 0.0913. The first kappa shape index (κ1) is 22.4. The van der Waals surface area contributed by atoms with Crippen molar-refractivity contribution in [3.63, 3.8) is 0 Å². The van der Waals surface area contributed by atoms with Gasteiger partial charge in [-0.2, -0.15) is 0 Å². The molecule has 0 atom stereocenters. The smallest absolute Gasteiger partial charge is 0.0693 e. The second-order valence-electron chi connectivity index (χ2n) is 0.716. The molecule has 11 heavy (non-hydrogen) atoms. The Kier molecular flexibility index (Phi) is 189. The molecule has 0 aromatic heterocycles. The van der Waals surface area contributed by atoms with Gasteiger partial charge in [0.15, 0.2) is 0 Å². The molecule has 0 radical (unpaired) electrons. The first-order valence-electron chi connectivity index (χ1n) is 4.51. The summed E-state index contributed by atoms with van der Waals surface area (Å²) in [4.78, 5) is 0. The second kappa shape index (κ2) is 92.6. The van der Waals surface area contributed by atoms with Crippen molar-refractivity contribution < 1.29 is 9.84 Å². The number of aliphatic hydroxyl groups is 1. The van der Waals surface area contributed by atoms with Crippen molar-refractivity contribution in [2.45, 2.75) is 41.5 Å². The van der Waals surface area contributed by atoms with Crippen molar-refractivity contribution in [3.8, 4) is 0 Å². The van der Waals surface area contributed by atoms with Crippen LogP contribution in [0.2, 0.25) is 0 Å². The predicted octanol–water partition coefficient (Wildman–Crippen LogP) is 2.70. The zero-order chi connectivity index (χ0) is 10.1. The summed E-state index contributed by atoms with van der Waals surface area (Å²) in [5.41, 5.74) is 0. The third-order valence-electron chi connectivity index (χ3n) is 0.295. The van der Waals surface area contributed by atoms with E-state index in [1.54, 1.807) is 7.11 Å². The zero-order valence-electron chi connectivity index (χ0n) is 9.27. The average Bonchev–Trinajstić information content (AvgIpc) is 2.16. The Morgan fingerprint density at radius 3 is 1.18 bits per heavy atom. The molecule has 0 bridgehead atoms. The maximum Gasteiger partial charge on any atom is 0.0693 e. The zero-order valence-corrected chi connectivity index (χ0v) is 9.27. The quantitative estimate of drug-likeness (QED) is 0.683. The fraction of sp³-hybridized carbons (Fsp3) is 1.00. The van der Waals surface area contributed by atoms with Gasteiger partial charge in [0, 0.05) is 7.11 Å². The van der Waals surface area contributed by atoms with E-state index < -0.39 is 0 Å². The molecule has 1 N–H and O–H groups in total. The van der Waals surface area contributed by atoms with E-state index in [0.717, 1.165) is 0 Å². The number of hydrogen-bond acceptors (Lipinski definition) is 2. The molecule has 0 saturated carbocycles. The molecule has 0 fully saturated rings. The summed E-state index contributed by atoms with van der Waals surface area (Å²) in [5, 5.41) is 7.94. The van der Waals surface area contributed by atoms with Gasteiger partial charge in [0.1, 0.15) is 0 Å². The van der Waals surface area contributed by atoms with Crippen molar-refractivity contribution in [2.75, 3.05) is 20.3 Å². The molecule has 0 spiro atoms. The third-order valence-corrected chi connectivity index (χ3v) is 0.295. The molecule has 0 aliphatic heterocycles. The van der Waals surface area contributed by atoms with Gasteiger partial charge in [-0.25, -0.2) is 0 Å². The number of aliphatic hydroxyl groups excluding tert-OH is 1. The van der Waals surface area contributed by atoms with Crippen molar-refractivity contribution in [1.82, 2.24) is 0 Å². The Bertz CT molecular complexity index is 15.0. The van der Waals surface area contributed by atoms with E-state index in [0.29, 0.717) is 6.61 Å². The molecule has 0 rings (SSSR count). The lowest BCUT2D eigenvalue weighted by molar-refractivity contribution is 0.135. The highest BCUT2D eigenvalue weighted by molar-refractivity contribution is 4.12. The SMILES string of the molecule is CC.CC.CC.COCCO. The number of ether oxygens (including phenoxy) is 1. The maximum absolute atomic E-state index is 7.94. The summed E-state index contributed by atoms with van der Waals surface area (Å²) in [6.07, 6.45) is 0. The summed E-state index contributed by atoms with van der Waals surface area (Å²) in [7, 11) is 1.55. The minimum atomic E-state index is 0.122. The van der Waals surface area contributed by atoms with Gasteiger partial charge < -0.3 is 9.84 Å². The topological polar surface area (TPSA) is 29.5 Å². The van der Waals surface area contributed by atoms with E-state index in [1.807, 2.05) is 41.5 Å².